The summed E-state index contributed by atoms with van der Waals surface area (Å²) in [5.41, 5.74) is 7.08. The van der Waals surface area contributed by atoms with E-state index >= 15 is 0 Å². The van der Waals surface area contributed by atoms with Gasteiger partial charge in [0.2, 0.25) is 0 Å². The normalized spacial score (nSPS) is 11.4. The lowest BCUT2D eigenvalue weighted by molar-refractivity contribution is 0.0779. The molecule has 0 saturated heterocycles. The molecule has 0 unspecified atom stereocenters. The number of hydrogen-bond donors (Lipinski definition) is 1. The first-order chi connectivity index (χ1) is 9.25. The summed E-state index contributed by atoms with van der Waals surface area (Å²) < 4.78 is 4.99. The van der Waals surface area contributed by atoms with Gasteiger partial charge < -0.3 is 15.4 Å². The Morgan fingerprint density at radius 1 is 1.40 bits per heavy atom. The number of anilines is 1. The number of ether oxygens (including phenoxy) is 1. The Kier molecular flexibility index (Phi) is 5.51. The molecular formula is C15H25N3O2. The fourth-order valence-corrected chi connectivity index (χ4v) is 1.83. The molecule has 0 aliphatic heterocycles. The minimum absolute atomic E-state index is 0.0410. The molecule has 1 aromatic heterocycles. The van der Waals surface area contributed by atoms with Crippen LogP contribution in [0.15, 0.2) is 12.1 Å². The molecule has 1 rings (SSSR count). The zero-order valence-corrected chi connectivity index (χ0v) is 13.1. The van der Waals surface area contributed by atoms with E-state index in [-0.39, 0.29) is 11.3 Å². The van der Waals surface area contributed by atoms with Crippen molar-refractivity contribution < 1.29 is 9.53 Å². The first kappa shape index (κ1) is 16.4. The highest BCUT2D eigenvalue weighted by Crippen LogP contribution is 2.23. The molecule has 20 heavy (non-hydrogen) atoms. The summed E-state index contributed by atoms with van der Waals surface area (Å²) in [6, 6.07) is 3.45. The minimum Gasteiger partial charge on any atom is -0.385 e. The summed E-state index contributed by atoms with van der Waals surface area (Å²) >= 11 is 0. The van der Waals surface area contributed by atoms with Gasteiger partial charge in [0.25, 0.3) is 5.91 Å². The van der Waals surface area contributed by atoms with Gasteiger partial charge in [0.1, 0.15) is 5.82 Å². The van der Waals surface area contributed by atoms with Crippen LogP contribution in [0.1, 0.15) is 43.2 Å². The number of rotatable bonds is 5. The smallest absolute Gasteiger partial charge is 0.253 e. The van der Waals surface area contributed by atoms with E-state index in [1.165, 1.54) is 0 Å². The Hall–Kier alpha value is -1.62. The molecule has 112 valence electrons. The van der Waals surface area contributed by atoms with E-state index in [1.807, 2.05) is 26.8 Å². The molecule has 0 saturated carbocycles. The summed E-state index contributed by atoms with van der Waals surface area (Å²) in [4.78, 5) is 18.4. The van der Waals surface area contributed by atoms with Crippen molar-refractivity contribution in [1.82, 2.24) is 9.88 Å². The Morgan fingerprint density at radius 3 is 2.60 bits per heavy atom. The first-order valence-electron chi connectivity index (χ1n) is 6.78. The summed E-state index contributed by atoms with van der Waals surface area (Å²) in [7, 11) is 3.44. The Balaban J connectivity index is 2.90. The van der Waals surface area contributed by atoms with Crippen molar-refractivity contribution in [3.8, 4) is 0 Å². The number of carbonyl (C=O) groups is 1. The lowest BCUT2D eigenvalue weighted by Crippen LogP contribution is -2.29. The lowest BCUT2D eigenvalue weighted by atomic mass is 9.90. The fraction of sp³-hybridized carbons (Fsp3) is 0.600. The molecule has 5 nitrogen and oxygen atoms in total. The number of carbonyl (C=O) groups excluding carboxylic acids is 1. The predicted octanol–water partition coefficient (Wildman–Crippen LogP) is 2.07. The van der Waals surface area contributed by atoms with Gasteiger partial charge in [-0.1, -0.05) is 20.8 Å². The van der Waals surface area contributed by atoms with Gasteiger partial charge in [-0.05, 0) is 18.6 Å². The third-order valence-corrected chi connectivity index (χ3v) is 3.05. The van der Waals surface area contributed by atoms with E-state index in [0.29, 0.717) is 24.5 Å². The van der Waals surface area contributed by atoms with Crippen LogP contribution in [0, 0.1) is 0 Å². The second-order valence-corrected chi connectivity index (χ2v) is 5.99. The summed E-state index contributed by atoms with van der Waals surface area (Å²) in [6.07, 6.45) is 0.811. The Morgan fingerprint density at radius 2 is 2.05 bits per heavy atom. The van der Waals surface area contributed by atoms with Crippen LogP contribution in [-0.4, -0.2) is 43.1 Å². The van der Waals surface area contributed by atoms with Crippen LogP contribution in [0.3, 0.4) is 0 Å². The molecule has 0 radical (unpaired) electrons. The average molecular weight is 279 g/mol. The van der Waals surface area contributed by atoms with Crippen LogP contribution in [0.5, 0.6) is 0 Å². The molecule has 0 aliphatic rings. The topological polar surface area (TPSA) is 68.5 Å². The molecule has 0 bridgehead atoms. The van der Waals surface area contributed by atoms with Gasteiger partial charge in [-0.15, -0.1) is 0 Å². The molecule has 2 N–H and O–H groups in total. The highest BCUT2D eigenvalue weighted by atomic mass is 16.5. The average Bonchev–Trinajstić information content (AvgIpc) is 2.36. The summed E-state index contributed by atoms with van der Waals surface area (Å²) in [5.74, 6) is 0.340. The highest BCUT2D eigenvalue weighted by Gasteiger charge is 2.20. The molecule has 1 amide bonds. The van der Waals surface area contributed by atoms with Crippen molar-refractivity contribution >= 4 is 11.7 Å². The van der Waals surface area contributed by atoms with E-state index in [1.54, 1.807) is 25.1 Å². The fourth-order valence-electron chi connectivity index (χ4n) is 1.83. The Labute approximate surface area is 121 Å². The van der Waals surface area contributed by atoms with Crippen molar-refractivity contribution in [3.63, 3.8) is 0 Å². The maximum absolute atomic E-state index is 12.4. The van der Waals surface area contributed by atoms with E-state index in [4.69, 9.17) is 10.5 Å². The van der Waals surface area contributed by atoms with Gasteiger partial charge in [0.05, 0.1) is 0 Å². The largest absolute Gasteiger partial charge is 0.385 e. The maximum atomic E-state index is 12.4. The third kappa shape index (κ3) is 4.49. The van der Waals surface area contributed by atoms with Crippen LogP contribution in [0.4, 0.5) is 5.82 Å². The number of hydrogen-bond acceptors (Lipinski definition) is 4. The monoisotopic (exact) mass is 279 g/mol. The van der Waals surface area contributed by atoms with Gasteiger partial charge in [-0.2, -0.15) is 0 Å². The SMILES string of the molecule is COCCCN(C)C(=O)c1cc(N)nc(C(C)(C)C)c1. The van der Waals surface area contributed by atoms with E-state index in [0.717, 1.165) is 12.1 Å². The predicted molar refractivity (Wildman–Crippen MR) is 80.8 cm³/mol. The lowest BCUT2D eigenvalue weighted by Gasteiger charge is -2.21. The number of nitrogens with two attached hydrogens (primary N) is 1. The number of nitrogens with zero attached hydrogens (tertiary/aromatic N) is 2. The van der Waals surface area contributed by atoms with Crippen molar-refractivity contribution in [1.29, 1.82) is 0 Å². The number of nitrogen functional groups attached to an aromatic ring is 1. The van der Waals surface area contributed by atoms with E-state index < -0.39 is 0 Å². The number of pyridine rings is 1. The van der Waals surface area contributed by atoms with E-state index in [2.05, 4.69) is 4.98 Å². The van der Waals surface area contributed by atoms with Gasteiger partial charge in [0.15, 0.2) is 0 Å². The standard InChI is InChI=1S/C15H25N3O2/c1-15(2,3)12-9-11(10-13(16)17-12)14(19)18(4)7-6-8-20-5/h9-10H,6-8H2,1-5H3,(H2,16,17). The van der Waals surface area contributed by atoms with Crippen molar-refractivity contribution in [2.75, 3.05) is 33.0 Å². The minimum atomic E-state index is -0.140. The zero-order chi connectivity index (χ0) is 15.3. The van der Waals surface area contributed by atoms with E-state index in [9.17, 15) is 4.79 Å². The van der Waals surface area contributed by atoms with Crippen molar-refractivity contribution in [3.05, 3.63) is 23.4 Å². The molecule has 0 atom stereocenters. The molecule has 0 spiro atoms. The van der Waals surface area contributed by atoms with Gasteiger partial charge in [0, 0.05) is 44.0 Å². The van der Waals surface area contributed by atoms with Crippen molar-refractivity contribution in [2.24, 2.45) is 0 Å². The van der Waals surface area contributed by atoms with Crippen LogP contribution in [0.25, 0.3) is 0 Å². The van der Waals surface area contributed by atoms with Gasteiger partial charge in [-0.3, -0.25) is 4.79 Å². The molecular weight excluding hydrogens is 254 g/mol. The molecule has 0 aromatic carbocycles. The van der Waals surface area contributed by atoms with Crippen molar-refractivity contribution in [2.45, 2.75) is 32.6 Å². The Bertz CT molecular complexity index is 467. The third-order valence-electron chi connectivity index (χ3n) is 3.05. The number of amides is 1. The van der Waals surface area contributed by atoms with Crippen LogP contribution in [0.2, 0.25) is 0 Å². The second kappa shape index (κ2) is 6.70. The molecule has 5 heteroatoms. The van der Waals surface area contributed by atoms with Gasteiger partial charge >= 0.3 is 0 Å². The summed E-state index contributed by atoms with van der Waals surface area (Å²) in [5, 5.41) is 0. The zero-order valence-electron chi connectivity index (χ0n) is 13.1. The van der Waals surface area contributed by atoms with Crippen LogP contribution < -0.4 is 5.73 Å². The quantitative estimate of drug-likeness (QED) is 0.838. The maximum Gasteiger partial charge on any atom is 0.253 e. The van der Waals surface area contributed by atoms with Crippen LogP contribution >= 0.6 is 0 Å². The molecule has 1 aromatic rings. The number of aromatic nitrogens is 1. The highest BCUT2D eigenvalue weighted by molar-refractivity contribution is 5.94. The molecule has 0 fully saturated rings. The second-order valence-electron chi connectivity index (χ2n) is 5.99. The number of methoxy groups -OCH3 is 1. The molecule has 1 heterocycles. The van der Waals surface area contributed by atoms with Gasteiger partial charge in [-0.25, -0.2) is 4.98 Å². The molecule has 0 aliphatic carbocycles. The first-order valence-corrected chi connectivity index (χ1v) is 6.78. The summed E-state index contributed by atoms with van der Waals surface area (Å²) in [6.45, 7) is 7.44. The van der Waals surface area contributed by atoms with Crippen LogP contribution in [-0.2, 0) is 10.2 Å².